The summed E-state index contributed by atoms with van der Waals surface area (Å²) in [5.41, 5.74) is -0.482. The molecule has 1 aromatic heterocycles. The van der Waals surface area contributed by atoms with E-state index in [-0.39, 0.29) is 18.8 Å². The fourth-order valence-corrected chi connectivity index (χ4v) is 2.03. The minimum Gasteiger partial charge on any atom is -0.377 e. The van der Waals surface area contributed by atoms with Gasteiger partial charge in [0.1, 0.15) is 12.2 Å². The Hall–Kier alpha value is -1.27. The molecule has 100 valence electrons. The Morgan fingerprint density at radius 1 is 1.50 bits per heavy atom. The number of rotatable bonds is 5. The van der Waals surface area contributed by atoms with Gasteiger partial charge in [0, 0.05) is 13.7 Å². The lowest BCUT2D eigenvalue weighted by atomic mass is 9.95. The molecule has 0 aromatic carbocycles. The van der Waals surface area contributed by atoms with Crippen molar-refractivity contribution < 1.29 is 18.8 Å². The molecule has 2 heterocycles. The zero-order valence-electron chi connectivity index (χ0n) is 10.8. The number of aromatic nitrogens is 2. The van der Waals surface area contributed by atoms with E-state index in [2.05, 4.69) is 10.1 Å². The first-order valence-corrected chi connectivity index (χ1v) is 6.12. The van der Waals surface area contributed by atoms with Gasteiger partial charge in [-0.3, -0.25) is 4.79 Å². The van der Waals surface area contributed by atoms with Gasteiger partial charge in [0.25, 0.3) is 0 Å². The van der Waals surface area contributed by atoms with Gasteiger partial charge in [0.05, 0.1) is 6.42 Å². The van der Waals surface area contributed by atoms with Gasteiger partial charge < -0.3 is 14.0 Å². The second-order valence-corrected chi connectivity index (χ2v) is 4.70. The SMILES string of the molecule is COCC(=O)Cc1nc(C2(C)CCCCO2)no1. The number of hydrogen-bond donors (Lipinski definition) is 0. The van der Waals surface area contributed by atoms with Crippen molar-refractivity contribution in [3.05, 3.63) is 11.7 Å². The van der Waals surface area contributed by atoms with Crippen LogP contribution in [0, 0.1) is 0 Å². The highest BCUT2D eigenvalue weighted by atomic mass is 16.5. The van der Waals surface area contributed by atoms with Gasteiger partial charge in [-0.05, 0) is 26.2 Å². The van der Waals surface area contributed by atoms with E-state index in [4.69, 9.17) is 14.0 Å². The Kier molecular flexibility index (Phi) is 4.08. The number of methoxy groups -OCH3 is 1. The summed E-state index contributed by atoms with van der Waals surface area (Å²) < 4.78 is 15.6. The molecule has 0 bridgehead atoms. The number of nitrogens with zero attached hydrogens (tertiary/aromatic N) is 2. The Morgan fingerprint density at radius 3 is 3.00 bits per heavy atom. The molecule has 0 spiro atoms. The van der Waals surface area contributed by atoms with Crippen LogP contribution in [0.15, 0.2) is 4.52 Å². The van der Waals surface area contributed by atoms with E-state index in [1.54, 1.807) is 0 Å². The molecule has 1 saturated heterocycles. The number of hydrogen-bond acceptors (Lipinski definition) is 6. The van der Waals surface area contributed by atoms with Crippen molar-refractivity contribution in [1.82, 2.24) is 10.1 Å². The maximum absolute atomic E-state index is 11.4. The quantitative estimate of drug-likeness (QED) is 0.787. The second-order valence-electron chi connectivity index (χ2n) is 4.70. The van der Waals surface area contributed by atoms with Crippen LogP contribution in [0.3, 0.4) is 0 Å². The molecule has 1 aromatic rings. The first kappa shape index (κ1) is 13.2. The molecule has 0 saturated carbocycles. The van der Waals surface area contributed by atoms with Crippen LogP contribution in [-0.4, -0.2) is 36.2 Å². The van der Waals surface area contributed by atoms with Crippen LogP contribution in [0.2, 0.25) is 0 Å². The third kappa shape index (κ3) is 2.94. The summed E-state index contributed by atoms with van der Waals surface area (Å²) in [4.78, 5) is 15.6. The first-order valence-electron chi connectivity index (χ1n) is 6.12. The fourth-order valence-electron chi connectivity index (χ4n) is 2.03. The van der Waals surface area contributed by atoms with Crippen molar-refractivity contribution in [1.29, 1.82) is 0 Å². The number of carbonyl (C=O) groups excluding carboxylic acids is 1. The lowest BCUT2D eigenvalue weighted by molar-refractivity contribution is -0.122. The molecule has 1 aliphatic rings. The maximum atomic E-state index is 11.4. The summed E-state index contributed by atoms with van der Waals surface area (Å²) in [7, 11) is 1.48. The molecule has 6 heteroatoms. The third-order valence-corrected chi connectivity index (χ3v) is 3.06. The molecule has 2 rings (SSSR count). The molecule has 1 aliphatic heterocycles. The van der Waals surface area contributed by atoms with Crippen molar-refractivity contribution in [2.75, 3.05) is 20.3 Å². The molecule has 18 heavy (non-hydrogen) atoms. The number of carbonyl (C=O) groups is 1. The van der Waals surface area contributed by atoms with Crippen LogP contribution in [0.5, 0.6) is 0 Å². The summed E-state index contributed by atoms with van der Waals surface area (Å²) in [5, 5.41) is 3.92. The molecule has 1 fully saturated rings. The van der Waals surface area contributed by atoms with E-state index in [0.717, 1.165) is 19.3 Å². The highest BCUT2D eigenvalue weighted by Gasteiger charge is 2.35. The highest BCUT2D eigenvalue weighted by molar-refractivity contribution is 5.81. The zero-order chi connectivity index (χ0) is 13.0. The largest absolute Gasteiger partial charge is 0.377 e. The predicted molar refractivity (Wildman–Crippen MR) is 62.0 cm³/mol. The van der Waals surface area contributed by atoms with Gasteiger partial charge in [-0.25, -0.2) is 0 Å². The van der Waals surface area contributed by atoms with Gasteiger partial charge in [0.2, 0.25) is 11.7 Å². The summed E-state index contributed by atoms with van der Waals surface area (Å²) in [6.45, 7) is 2.73. The van der Waals surface area contributed by atoms with E-state index in [1.807, 2.05) is 6.92 Å². The normalized spacial score (nSPS) is 24.1. The van der Waals surface area contributed by atoms with E-state index in [0.29, 0.717) is 18.3 Å². The van der Waals surface area contributed by atoms with Crippen molar-refractivity contribution in [2.45, 2.75) is 38.2 Å². The Balaban J connectivity index is 2.03. The van der Waals surface area contributed by atoms with Gasteiger partial charge in [-0.2, -0.15) is 4.98 Å². The van der Waals surface area contributed by atoms with E-state index >= 15 is 0 Å². The number of ketones is 1. The summed E-state index contributed by atoms with van der Waals surface area (Å²) in [6.07, 6.45) is 3.13. The van der Waals surface area contributed by atoms with Crippen LogP contribution in [0.4, 0.5) is 0 Å². The van der Waals surface area contributed by atoms with Crippen molar-refractivity contribution in [2.24, 2.45) is 0 Å². The first-order chi connectivity index (χ1) is 8.64. The molecule has 0 amide bonds. The van der Waals surface area contributed by atoms with E-state index in [9.17, 15) is 4.79 Å². The minimum atomic E-state index is -0.482. The van der Waals surface area contributed by atoms with Crippen LogP contribution in [0.1, 0.15) is 37.9 Å². The van der Waals surface area contributed by atoms with Crippen molar-refractivity contribution in [3.8, 4) is 0 Å². The van der Waals surface area contributed by atoms with Crippen LogP contribution >= 0.6 is 0 Å². The molecule has 0 N–H and O–H groups in total. The summed E-state index contributed by atoms with van der Waals surface area (Å²) in [5.74, 6) is 0.771. The van der Waals surface area contributed by atoms with Gasteiger partial charge in [-0.15, -0.1) is 0 Å². The average Bonchev–Trinajstić information content (AvgIpc) is 2.79. The number of Topliss-reactive ketones (excluding diaryl/α,β-unsaturated/α-hetero) is 1. The molecule has 1 unspecified atom stereocenters. The maximum Gasteiger partial charge on any atom is 0.234 e. The lowest BCUT2D eigenvalue weighted by Crippen LogP contribution is -2.31. The summed E-state index contributed by atoms with van der Waals surface area (Å²) >= 11 is 0. The predicted octanol–water partition coefficient (Wildman–Crippen LogP) is 1.24. The van der Waals surface area contributed by atoms with E-state index < -0.39 is 5.60 Å². The topological polar surface area (TPSA) is 74.5 Å². The lowest BCUT2D eigenvalue weighted by Gasteiger charge is -2.30. The minimum absolute atomic E-state index is 0.0610. The number of ether oxygens (including phenoxy) is 2. The van der Waals surface area contributed by atoms with E-state index in [1.165, 1.54) is 7.11 Å². The Labute approximate surface area is 106 Å². The average molecular weight is 254 g/mol. The third-order valence-electron chi connectivity index (χ3n) is 3.06. The second kappa shape index (κ2) is 5.58. The molecular weight excluding hydrogens is 236 g/mol. The fraction of sp³-hybridized carbons (Fsp3) is 0.750. The molecule has 1 atom stereocenters. The van der Waals surface area contributed by atoms with Gasteiger partial charge in [0.15, 0.2) is 5.78 Å². The van der Waals surface area contributed by atoms with Crippen LogP contribution in [-0.2, 0) is 26.3 Å². The smallest absolute Gasteiger partial charge is 0.234 e. The Morgan fingerprint density at radius 2 is 2.33 bits per heavy atom. The zero-order valence-corrected chi connectivity index (χ0v) is 10.8. The highest BCUT2D eigenvalue weighted by Crippen LogP contribution is 2.32. The Bertz CT molecular complexity index is 410. The summed E-state index contributed by atoms with van der Waals surface area (Å²) in [6, 6.07) is 0. The monoisotopic (exact) mass is 254 g/mol. The van der Waals surface area contributed by atoms with Crippen molar-refractivity contribution >= 4 is 5.78 Å². The molecule has 6 nitrogen and oxygen atoms in total. The van der Waals surface area contributed by atoms with Crippen LogP contribution in [0.25, 0.3) is 0 Å². The van der Waals surface area contributed by atoms with Gasteiger partial charge >= 0.3 is 0 Å². The van der Waals surface area contributed by atoms with Crippen LogP contribution < -0.4 is 0 Å². The van der Waals surface area contributed by atoms with Crippen molar-refractivity contribution in [3.63, 3.8) is 0 Å². The molecular formula is C12H18N2O4. The molecule has 0 radical (unpaired) electrons. The standard InChI is InChI=1S/C12H18N2O4/c1-12(5-3-4-6-17-12)11-13-10(18-14-11)7-9(15)8-16-2/h3-8H2,1-2H3. The van der Waals surface area contributed by atoms with Gasteiger partial charge in [-0.1, -0.05) is 5.16 Å². The molecule has 0 aliphatic carbocycles.